The number of para-hydroxylation sites is 2. The van der Waals surface area contributed by atoms with Crippen LogP contribution in [0.4, 0.5) is 24.8 Å². The summed E-state index contributed by atoms with van der Waals surface area (Å²) in [6.45, 7) is 1.38. The fraction of sp³-hybridized carbons (Fsp3) is 0.333. The average molecular weight is 374 g/mol. The van der Waals surface area contributed by atoms with Crippen molar-refractivity contribution >= 4 is 22.7 Å². The zero-order chi connectivity index (χ0) is 19.0. The monoisotopic (exact) mass is 374 g/mol. The van der Waals surface area contributed by atoms with E-state index in [0.717, 1.165) is 42.2 Å². The number of anilines is 2. The van der Waals surface area contributed by atoms with Gasteiger partial charge in [0.05, 0.1) is 17.2 Å². The molecule has 0 radical (unpaired) electrons. The Morgan fingerprint density at radius 1 is 1.11 bits per heavy atom. The molecule has 0 amide bonds. The lowest BCUT2D eigenvalue weighted by Crippen LogP contribution is -2.35. The maximum atomic E-state index is 12.9. The number of nitrogens with zero attached hydrogens (tertiary/aromatic N) is 6. The summed E-state index contributed by atoms with van der Waals surface area (Å²) in [5, 5.41) is 0. The zero-order valence-electron chi connectivity index (χ0n) is 14.6. The molecule has 6 nitrogen and oxygen atoms in total. The summed E-state index contributed by atoms with van der Waals surface area (Å²) >= 11 is 0. The van der Waals surface area contributed by atoms with E-state index in [1.165, 1.54) is 0 Å². The molecule has 0 bridgehead atoms. The molecule has 0 N–H and O–H groups in total. The minimum absolute atomic E-state index is 0.0225. The molecule has 1 unspecified atom stereocenters. The number of alkyl halides is 3. The van der Waals surface area contributed by atoms with Crippen molar-refractivity contribution < 1.29 is 13.2 Å². The summed E-state index contributed by atoms with van der Waals surface area (Å²) in [5.41, 5.74) is 0.710. The van der Waals surface area contributed by atoms with Gasteiger partial charge in [0.1, 0.15) is 23.7 Å². The summed E-state index contributed by atoms with van der Waals surface area (Å²) in [7, 11) is 1.75. The highest BCUT2D eigenvalue weighted by Crippen LogP contribution is 2.30. The molecule has 1 aliphatic heterocycles. The van der Waals surface area contributed by atoms with Gasteiger partial charge in [-0.1, -0.05) is 12.1 Å². The third kappa shape index (κ3) is 3.49. The van der Waals surface area contributed by atoms with Gasteiger partial charge in [0.25, 0.3) is 0 Å². The highest BCUT2D eigenvalue weighted by atomic mass is 19.4. The molecular formula is C18H17F3N6. The molecule has 1 atom stereocenters. The third-order valence-electron chi connectivity index (χ3n) is 4.78. The number of hydrogen-bond donors (Lipinski definition) is 0. The van der Waals surface area contributed by atoms with Crippen molar-refractivity contribution in [3.63, 3.8) is 0 Å². The van der Waals surface area contributed by atoms with Crippen molar-refractivity contribution in [2.24, 2.45) is 0 Å². The molecule has 0 saturated carbocycles. The van der Waals surface area contributed by atoms with Crippen molar-refractivity contribution in [2.45, 2.75) is 18.6 Å². The first-order valence-electron chi connectivity index (χ1n) is 8.50. The van der Waals surface area contributed by atoms with E-state index in [2.05, 4.69) is 24.8 Å². The molecule has 27 heavy (non-hydrogen) atoms. The first-order valence-corrected chi connectivity index (χ1v) is 8.50. The van der Waals surface area contributed by atoms with Gasteiger partial charge in [-0.15, -0.1) is 0 Å². The SMILES string of the molecule is CN(c1cc(C(F)(F)F)ncn1)C1CCN(c2cnc3ccccc3n2)C1. The quantitative estimate of drug-likeness (QED) is 0.702. The van der Waals surface area contributed by atoms with E-state index < -0.39 is 11.9 Å². The second-order valence-corrected chi connectivity index (χ2v) is 6.48. The van der Waals surface area contributed by atoms with Crippen LogP contribution in [-0.4, -0.2) is 46.1 Å². The number of rotatable bonds is 3. The molecule has 0 spiro atoms. The van der Waals surface area contributed by atoms with E-state index in [1.807, 2.05) is 24.3 Å². The Bertz CT molecular complexity index is 961. The summed E-state index contributed by atoms with van der Waals surface area (Å²) in [6.07, 6.45) is -1.01. The van der Waals surface area contributed by atoms with E-state index in [9.17, 15) is 13.2 Å². The molecule has 1 saturated heterocycles. The number of hydrogen-bond acceptors (Lipinski definition) is 6. The van der Waals surface area contributed by atoms with Crippen LogP contribution >= 0.6 is 0 Å². The van der Waals surface area contributed by atoms with Gasteiger partial charge >= 0.3 is 6.18 Å². The van der Waals surface area contributed by atoms with Crippen LogP contribution in [0.15, 0.2) is 42.9 Å². The highest BCUT2D eigenvalue weighted by Gasteiger charge is 2.34. The Hall–Kier alpha value is -2.97. The van der Waals surface area contributed by atoms with Crippen molar-refractivity contribution in [2.75, 3.05) is 29.9 Å². The van der Waals surface area contributed by atoms with Gasteiger partial charge in [0.2, 0.25) is 0 Å². The summed E-state index contributed by atoms with van der Waals surface area (Å²) < 4.78 is 38.7. The van der Waals surface area contributed by atoms with Crippen molar-refractivity contribution in [3.8, 4) is 0 Å². The average Bonchev–Trinajstić information content (AvgIpc) is 3.16. The van der Waals surface area contributed by atoms with Gasteiger partial charge in [-0.25, -0.2) is 15.0 Å². The number of benzene rings is 1. The van der Waals surface area contributed by atoms with E-state index in [1.54, 1.807) is 18.1 Å². The number of aromatic nitrogens is 4. The largest absolute Gasteiger partial charge is 0.433 e. The van der Waals surface area contributed by atoms with E-state index in [-0.39, 0.29) is 11.9 Å². The maximum Gasteiger partial charge on any atom is 0.433 e. The molecule has 1 aliphatic rings. The van der Waals surface area contributed by atoms with Crippen LogP contribution in [0.1, 0.15) is 12.1 Å². The van der Waals surface area contributed by atoms with Gasteiger partial charge < -0.3 is 9.80 Å². The van der Waals surface area contributed by atoms with Crippen molar-refractivity contribution in [1.29, 1.82) is 0 Å². The molecule has 3 aromatic rings. The molecule has 0 aliphatic carbocycles. The van der Waals surface area contributed by atoms with Crippen LogP contribution in [0.2, 0.25) is 0 Å². The molecule has 2 aromatic heterocycles. The van der Waals surface area contributed by atoms with Crippen LogP contribution in [-0.2, 0) is 6.18 Å². The fourth-order valence-electron chi connectivity index (χ4n) is 3.25. The first-order chi connectivity index (χ1) is 12.9. The third-order valence-corrected chi connectivity index (χ3v) is 4.78. The molecule has 1 aromatic carbocycles. The van der Waals surface area contributed by atoms with Gasteiger partial charge in [0, 0.05) is 32.2 Å². The maximum absolute atomic E-state index is 12.9. The van der Waals surface area contributed by atoms with Crippen molar-refractivity contribution in [3.05, 3.63) is 48.5 Å². The molecule has 4 rings (SSSR count). The number of likely N-dealkylation sites (N-methyl/N-ethyl adjacent to an activating group) is 1. The first kappa shape index (κ1) is 17.4. The Morgan fingerprint density at radius 2 is 1.89 bits per heavy atom. The Kier molecular flexibility index (Phi) is 4.29. The second kappa shape index (κ2) is 6.64. The normalized spacial score (nSPS) is 17.5. The molecule has 9 heteroatoms. The summed E-state index contributed by atoms with van der Waals surface area (Å²) in [6, 6.07) is 8.64. The molecule has 140 valence electrons. The lowest BCUT2D eigenvalue weighted by Gasteiger charge is -2.26. The minimum atomic E-state index is -4.49. The predicted octanol–water partition coefficient (Wildman–Crippen LogP) is 3.15. The highest BCUT2D eigenvalue weighted by molar-refractivity contribution is 5.75. The predicted molar refractivity (Wildman–Crippen MR) is 95.6 cm³/mol. The lowest BCUT2D eigenvalue weighted by atomic mass is 10.2. The van der Waals surface area contributed by atoms with Gasteiger partial charge in [0.15, 0.2) is 0 Å². The zero-order valence-corrected chi connectivity index (χ0v) is 14.6. The van der Waals surface area contributed by atoms with Crippen LogP contribution in [0, 0.1) is 0 Å². The standard InChI is InChI=1S/C18H17F3N6/c1-26(16-8-15(18(19,20)21)23-11-24-16)12-6-7-27(10-12)17-9-22-13-4-2-3-5-14(13)25-17/h2-5,8-9,11-12H,6-7,10H2,1H3. The molecule has 1 fully saturated rings. The van der Waals surface area contributed by atoms with Crippen molar-refractivity contribution in [1.82, 2.24) is 19.9 Å². The van der Waals surface area contributed by atoms with Crippen LogP contribution in [0.3, 0.4) is 0 Å². The summed E-state index contributed by atoms with van der Waals surface area (Å²) in [5.74, 6) is 1.03. The number of halogens is 3. The minimum Gasteiger partial charge on any atom is -0.355 e. The van der Waals surface area contributed by atoms with E-state index in [0.29, 0.717) is 6.54 Å². The smallest absolute Gasteiger partial charge is 0.355 e. The van der Waals surface area contributed by atoms with Gasteiger partial charge in [-0.2, -0.15) is 13.2 Å². The lowest BCUT2D eigenvalue weighted by molar-refractivity contribution is -0.141. The second-order valence-electron chi connectivity index (χ2n) is 6.48. The molecular weight excluding hydrogens is 357 g/mol. The van der Waals surface area contributed by atoms with Crippen LogP contribution in [0.5, 0.6) is 0 Å². The Balaban J connectivity index is 1.51. The Morgan fingerprint density at radius 3 is 2.67 bits per heavy atom. The van der Waals surface area contributed by atoms with Gasteiger partial charge in [-0.3, -0.25) is 4.98 Å². The summed E-state index contributed by atoms with van der Waals surface area (Å²) in [4.78, 5) is 20.3. The van der Waals surface area contributed by atoms with E-state index >= 15 is 0 Å². The van der Waals surface area contributed by atoms with Gasteiger partial charge in [-0.05, 0) is 18.6 Å². The topological polar surface area (TPSA) is 58.0 Å². The molecule has 3 heterocycles. The fourth-order valence-corrected chi connectivity index (χ4v) is 3.25. The van der Waals surface area contributed by atoms with Crippen LogP contribution < -0.4 is 9.80 Å². The van der Waals surface area contributed by atoms with E-state index in [4.69, 9.17) is 0 Å². The Labute approximate surface area is 153 Å². The number of fused-ring (bicyclic) bond motifs is 1. The van der Waals surface area contributed by atoms with Crippen LogP contribution in [0.25, 0.3) is 11.0 Å².